The van der Waals surface area contributed by atoms with Gasteiger partial charge >= 0.3 is 13.1 Å². The van der Waals surface area contributed by atoms with Gasteiger partial charge in [0, 0.05) is 11.1 Å². The molecule has 0 bridgehead atoms. The Morgan fingerprint density at radius 1 is 1.28 bits per heavy atom. The fourth-order valence-electron chi connectivity index (χ4n) is 3.58. The van der Waals surface area contributed by atoms with Crippen molar-refractivity contribution in [3.63, 3.8) is 0 Å². The topological polar surface area (TPSA) is 137 Å². The van der Waals surface area contributed by atoms with E-state index in [2.05, 4.69) is 10.4 Å². The van der Waals surface area contributed by atoms with Crippen LogP contribution < -0.4 is 15.7 Å². The largest absolute Gasteiger partial charge is 0.547 e. The molecular formula is C19H20BN4O5+. The van der Waals surface area contributed by atoms with Gasteiger partial charge in [-0.3, -0.25) is 10.5 Å². The zero-order chi connectivity index (χ0) is 20.5. The Hall–Kier alpha value is -3.24. The molecule has 1 unspecified atom stereocenters. The van der Waals surface area contributed by atoms with Gasteiger partial charge in [0.25, 0.3) is 5.91 Å². The number of hydrogen-bond donors (Lipinski definition) is 4. The Morgan fingerprint density at radius 2 is 2.10 bits per heavy atom. The van der Waals surface area contributed by atoms with Crippen molar-refractivity contribution in [2.45, 2.75) is 25.5 Å². The summed E-state index contributed by atoms with van der Waals surface area (Å²) in [5, 5.41) is 26.7. The van der Waals surface area contributed by atoms with E-state index in [1.807, 2.05) is 6.07 Å². The molecule has 2 aliphatic rings. The van der Waals surface area contributed by atoms with Crippen molar-refractivity contribution in [1.82, 2.24) is 5.32 Å². The summed E-state index contributed by atoms with van der Waals surface area (Å²) in [6, 6.07) is 10.1. The second-order valence-electron chi connectivity index (χ2n) is 7.02. The Balaban J connectivity index is 1.51. The van der Waals surface area contributed by atoms with Crippen molar-refractivity contribution in [3.8, 4) is 5.75 Å². The van der Waals surface area contributed by atoms with Crippen LogP contribution in [0.1, 0.15) is 37.4 Å². The SMILES string of the molecule is NC[N+]1=NCc2ccc(C(=O)NC3Cc4cccc(C(=O)O)c4OB3O)cc2C1. The van der Waals surface area contributed by atoms with E-state index < -0.39 is 19.0 Å². The van der Waals surface area contributed by atoms with E-state index >= 15 is 0 Å². The summed E-state index contributed by atoms with van der Waals surface area (Å²) in [6.07, 6.45) is 0.258. The maximum absolute atomic E-state index is 12.7. The van der Waals surface area contributed by atoms with Crippen LogP contribution in [-0.4, -0.2) is 46.4 Å². The van der Waals surface area contributed by atoms with Crippen molar-refractivity contribution in [3.05, 3.63) is 64.2 Å². The highest BCUT2D eigenvalue weighted by Gasteiger charge is 2.38. The van der Waals surface area contributed by atoms with Gasteiger partial charge in [-0.1, -0.05) is 18.2 Å². The number of azo groups is 2. The monoisotopic (exact) mass is 395 g/mol. The zero-order valence-electron chi connectivity index (χ0n) is 15.5. The number of carboxylic acids is 1. The molecule has 29 heavy (non-hydrogen) atoms. The lowest BCUT2D eigenvalue weighted by molar-refractivity contribution is -0.613. The van der Waals surface area contributed by atoms with Crippen molar-refractivity contribution in [1.29, 1.82) is 0 Å². The predicted molar refractivity (Wildman–Crippen MR) is 103 cm³/mol. The number of carbonyl (C=O) groups is 2. The first kappa shape index (κ1) is 19.1. The molecule has 1 atom stereocenters. The summed E-state index contributed by atoms with van der Waals surface area (Å²) in [7, 11) is -1.35. The first-order valence-electron chi connectivity index (χ1n) is 9.21. The van der Waals surface area contributed by atoms with Gasteiger partial charge in [0.2, 0.25) is 6.67 Å². The number of amides is 1. The van der Waals surface area contributed by atoms with Gasteiger partial charge in [0.1, 0.15) is 12.3 Å². The summed E-state index contributed by atoms with van der Waals surface area (Å²) in [5.74, 6) is -2.05. The average Bonchev–Trinajstić information content (AvgIpc) is 2.72. The third-order valence-electron chi connectivity index (χ3n) is 5.14. The van der Waals surface area contributed by atoms with E-state index in [9.17, 15) is 19.7 Å². The van der Waals surface area contributed by atoms with Gasteiger partial charge in [-0.05, 0) is 40.9 Å². The molecule has 0 aromatic heterocycles. The van der Waals surface area contributed by atoms with Gasteiger partial charge in [-0.25, -0.2) is 4.79 Å². The number of para-hydroxylation sites is 1. The van der Waals surface area contributed by atoms with Crippen LogP contribution in [0.25, 0.3) is 0 Å². The lowest BCUT2D eigenvalue weighted by Gasteiger charge is -2.29. The van der Waals surface area contributed by atoms with E-state index in [0.29, 0.717) is 30.9 Å². The van der Waals surface area contributed by atoms with E-state index in [0.717, 1.165) is 11.1 Å². The number of nitrogens with zero attached hydrogens (tertiary/aromatic N) is 2. The number of aromatic carboxylic acids is 1. The number of carboxylic acid groups (broad SMARTS) is 1. The van der Waals surface area contributed by atoms with Crippen LogP contribution in [0.5, 0.6) is 5.75 Å². The average molecular weight is 395 g/mol. The minimum atomic E-state index is -1.35. The molecule has 9 nitrogen and oxygen atoms in total. The Labute approximate surface area is 166 Å². The highest BCUT2D eigenvalue weighted by Crippen LogP contribution is 2.30. The molecule has 5 N–H and O–H groups in total. The summed E-state index contributed by atoms with van der Waals surface area (Å²) >= 11 is 0. The molecule has 1 amide bonds. The summed E-state index contributed by atoms with van der Waals surface area (Å²) < 4.78 is 7.16. The van der Waals surface area contributed by atoms with Crippen molar-refractivity contribution in [2.24, 2.45) is 10.8 Å². The molecular weight excluding hydrogens is 375 g/mol. The molecule has 0 spiro atoms. The molecule has 0 radical (unpaired) electrons. The van der Waals surface area contributed by atoms with Crippen LogP contribution >= 0.6 is 0 Å². The van der Waals surface area contributed by atoms with Gasteiger partial charge < -0.3 is 20.1 Å². The molecule has 0 saturated heterocycles. The molecule has 0 fully saturated rings. The van der Waals surface area contributed by atoms with Gasteiger partial charge in [0.05, 0.1) is 11.5 Å². The zero-order valence-corrected chi connectivity index (χ0v) is 15.5. The van der Waals surface area contributed by atoms with Crippen molar-refractivity contribution < 1.29 is 29.1 Å². The molecule has 4 rings (SSSR count). The molecule has 2 heterocycles. The fourth-order valence-corrected chi connectivity index (χ4v) is 3.58. The lowest BCUT2D eigenvalue weighted by atomic mass is 9.72. The molecule has 2 aromatic carbocycles. The van der Waals surface area contributed by atoms with E-state index in [1.54, 1.807) is 29.0 Å². The van der Waals surface area contributed by atoms with Crippen LogP contribution in [0, 0.1) is 0 Å². The highest BCUT2D eigenvalue weighted by atomic mass is 16.5. The summed E-state index contributed by atoms with van der Waals surface area (Å²) in [6.45, 7) is 1.36. The predicted octanol–water partition coefficient (Wildman–Crippen LogP) is 0.532. The second kappa shape index (κ2) is 7.65. The first-order chi connectivity index (χ1) is 14.0. The number of nitrogens with one attached hydrogen (secondary N) is 1. The van der Waals surface area contributed by atoms with Crippen molar-refractivity contribution >= 4 is 19.0 Å². The summed E-state index contributed by atoms with van der Waals surface area (Å²) in [5.41, 5.74) is 8.72. The molecule has 10 heteroatoms. The van der Waals surface area contributed by atoms with Crippen molar-refractivity contribution in [2.75, 3.05) is 6.67 Å². The third kappa shape index (κ3) is 3.72. The number of benzene rings is 2. The van der Waals surface area contributed by atoms with Gasteiger partial charge in [-0.2, -0.15) is 0 Å². The number of nitrogens with two attached hydrogens (primary N) is 1. The highest BCUT2D eigenvalue weighted by molar-refractivity contribution is 6.47. The maximum Gasteiger partial charge on any atom is 0.547 e. The Morgan fingerprint density at radius 3 is 2.86 bits per heavy atom. The van der Waals surface area contributed by atoms with E-state index in [-0.39, 0.29) is 23.6 Å². The van der Waals surface area contributed by atoms with Crippen LogP contribution in [-0.2, 0) is 19.5 Å². The number of carbonyl (C=O) groups excluding carboxylic acids is 1. The molecule has 0 saturated carbocycles. The maximum atomic E-state index is 12.7. The standard InChI is InChI=1S/C19H19BN4O5/c21-10-24-9-14-6-12(4-5-13(14)8-22-24)18(25)23-16-7-11-2-1-3-15(19(26)27)17(11)29-20(16)28/h1-6,16,28H,7-10,21H2,(H-,23,25,26,27)/p+1. The first-order valence-corrected chi connectivity index (χ1v) is 9.21. The second-order valence-corrected chi connectivity index (χ2v) is 7.02. The molecule has 148 valence electrons. The Bertz CT molecular complexity index is 1030. The lowest BCUT2D eigenvalue weighted by Crippen LogP contribution is -2.53. The van der Waals surface area contributed by atoms with Crippen LogP contribution in [0.3, 0.4) is 0 Å². The minimum absolute atomic E-state index is 0.0177. The van der Waals surface area contributed by atoms with Gasteiger partial charge in [-0.15, -0.1) is 4.70 Å². The molecule has 2 aromatic rings. The molecule has 2 aliphatic heterocycles. The summed E-state index contributed by atoms with van der Waals surface area (Å²) in [4.78, 5) is 24.1. The van der Waals surface area contributed by atoms with Crippen LogP contribution in [0.4, 0.5) is 0 Å². The number of hydrogen-bond acceptors (Lipinski definition) is 6. The quantitative estimate of drug-likeness (QED) is 0.440. The van der Waals surface area contributed by atoms with E-state index in [1.165, 1.54) is 6.07 Å². The van der Waals surface area contributed by atoms with E-state index in [4.69, 9.17) is 10.4 Å². The molecule has 0 aliphatic carbocycles. The normalized spacial score (nSPS) is 17.5. The Kier molecular flexibility index (Phi) is 5.04. The number of rotatable bonds is 4. The third-order valence-corrected chi connectivity index (χ3v) is 5.14. The van der Waals surface area contributed by atoms with Gasteiger partial charge in [0.15, 0.2) is 6.54 Å². The smallest absolute Gasteiger partial charge is 0.534 e. The fraction of sp³-hybridized carbons (Fsp3) is 0.263. The van der Waals surface area contributed by atoms with Crippen LogP contribution in [0.2, 0.25) is 0 Å². The number of fused-ring (bicyclic) bond motifs is 2. The van der Waals surface area contributed by atoms with Crippen LogP contribution in [0.15, 0.2) is 41.5 Å². The minimum Gasteiger partial charge on any atom is -0.534 e.